The van der Waals surface area contributed by atoms with E-state index in [1.807, 2.05) is 25.1 Å². The molecule has 2 aromatic carbocycles. The van der Waals surface area contributed by atoms with E-state index in [2.05, 4.69) is 5.43 Å². The molecule has 0 aliphatic heterocycles. The van der Waals surface area contributed by atoms with E-state index in [0.717, 1.165) is 17.2 Å². The van der Waals surface area contributed by atoms with Crippen LogP contribution in [0.4, 0.5) is 8.78 Å². The molecule has 0 radical (unpaired) electrons. The number of nitrogens with two attached hydrogens (primary N) is 1. The molecule has 0 saturated heterocycles. The van der Waals surface area contributed by atoms with Gasteiger partial charge in [0, 0.05) is 11.6 Å². The van der Waals surface area contributed by atoms with Gasteiger partial charge in [-0.05, 0) is 42.7 Å². The SMILES string of the molecule is COc1cc(C)ccc1C(Cc1cc(F)cc(F)c1)NN. The number of aryl methyl sites for hydroxylation is 1. The van der Waals surface area contributed by atoms with Crippen LogP contribution in [-0.4, -0.2) is 7.11 Å². The minimum Gasteiger partial charge on any atom is -0.496 e. The van der Waals surface area contributed by atoms with E-state index in [4.69, 9.17) is 10.6 Å². The van der Waals surface area contributed by atoms with Crippen molar-refractivity contribution in [3.05, 3.63) is 64.7 Å². The van der Waals surface area contributed by atoms with Crippen molar-refractivity contribution in [3.63, 3.8) is 0 Å². The van der Waals surface area contributed by atoms with Crippen molar-refractivity contribution in [1.82, 2.24) is 5.43 Å². The Balaban J connectivity index is 2.31. The molecular formula is C16H18F2N2O. The lowest BCUT2D eigenvalue weighted by Crippen LogP contribution is -2.30. The van der Waals surface area contributed by atoms with E-state index in [1.54, 1.807) is 7.11 Å². The topological polar surface area (TPSA) is 47.3 Å². The monoisotopic (exact) mass is 292 g/mol. The van der Waals surface area contributed by atoms with Gasteiger partial charge in [0.2, 0.25) is 0 Å². The molecule has 0 bridgehead atoms. The van der Waals surface area contributed by atoms with E-state index in [0.29, 0.717) is 17.7 Å². The van der Waals surface area contributed by atoms with Gasteiger partial charge in [-0.25, -0.2) is 8.78 Å². The van der Waals surface area contributed by atoms with E-state index in [1.165, 1.54) is 12.1 Å². The molecule has 0 fully saturated rings. The molecule has 0 aromatic heterocycles. The van der Waals surface area contributed by atoms with Crippen LogP contribution >= 0.6 is 0 Å². The largest absolute Gasteiger partial charge is 0.496 e. The van der Waals surface area contributed by atoms with Crippen LogP contribution in [-0.2, 0) is 6.42 Å². The van der Waals surface area contributed by atoms with E-state index in [9.17, 15) is 8.78 Å². The van der Waals surface area contributed by atoms with Crippen LogP contribution < -0.4 is 16.0 Å². The number of hydrogen-bond acceptors (Lipinski definition) is 3. The number of rotatable bonds is 5. The lowest BCUT2D eigenvalue weighted by molar-refractivity contribution is 0.398. The highest BCUT2D eigenvalue weighted by atomic mass is 19.1. The quantitative estimate of drug-likeness (QED) is 0.658. The summed E-state index contributed by atoms with van der Waals surface area (Å²) in [6.07, 6.45) is 0.352. The first-order valence-corrected chi connectivity index (χ1v) is 6.59. The van der Waals surface area contributed by atoms with Gasteiger partial charge in [0.15, 0.2) is 0 Å². The van der Waals surface area contributed by atoms with Gasteiger partial charge in [0.05, 0.1) is 13.2 Å². The smallest absolute Gasteiger partial charge is 0.126 e. The Labute approximate surface area is 122 Å². The normalized spacial score (nSPS) is 12.2. The number of ether oxygens (including phenoxy) is 1. The predicted molar refractivity (Wildman–Crippen MR) is 77.9 cm³/mol. The number of nitrogens with one attached hydrogen (secondary N) is 1. The van der Waals surface area contributed by atoms with Gasteiger partial charge < -0.3 is 4.74 Å². The standard InChI is InChI=1S/C16H18F2N2O/c1-10-3-4-14(16(5-10)21-2)15(20-19)8-11-6-12(17)9-13(18)7-11/h3-7,9,15,20H,8,19H2,1-2H3. The maximum Gasteiger partial charge on any atom is 0.126 e. The number of hydrazine groups is 1. The van der Waals surface area contributed by atoms with Crippen LogP contribution in [0.25, 0.3) is 0 Å². The molecular weight excluding hydrogens is 274 g/mol. The minimum absolute atomic E-state index is 0.304. The van der Waals surface area contributed by atoms with Crippen LogP contribution in [0.2, 0.25) is 0 Å². The van der Waals surface area contributed by atoms with Crippen LogP contribution in [0.15, 0.2) is 36.4 Å². The summed E-state index contributed by atoms with van der Waals surface area (Å²) in [6.45, 7) is 1.96. The Bertz CT molecular complexity index is 611. The highest BCUT2D eigenvalue weighted by Crippen LogP contribution is 2.28. The summed E-state index contributed by atoms with van der Waals surface area (Å²) in [7, 11) is 1.58. The zero-order valence-corrected chi connectivity index (χ0v) is 12.0. The second kappa shape index (κ2) is 6.65. The zero-order chi connectivity index (χ0) is 15.4. The third-order valence-electron chi connectivity index (χ3n) is 3.33. The van der Waals surface area contributed by atoms with Crippen LogP contribution in [0.3, 0.4) is 0 Å². The molecule has 3 nitrogen and oxygen atoms in total. The molecule has 1 atom stereocenters. The van der Waals surface area contributed by atoms with Crippen molar-refractivity contribution in [3.8, 4) is 5.75 Å². The molecule has 1 unspecified atom stereocenters. The third kappa shape index (κ3) is 3.77. The first-order chi connectivity index (χ1) is 10.0. The molecule has 0 aliphatic rings. The molecule has 21 heavy (non-hydrogen) atoms. The van der Waals surface area contributed by atoms with Gasteiger partial charge in [-0.3, -0.25) is 11.3 Å². The van der Waals surface area contributed by atoms with E-state index in [-0.39, 0.29) is 6.04 Å². The van der Waals surface area contributed by atoms with Crippen molar-refractivity contribution in [2.24, 2.45) is 5.84 Å². The summed E-state index contributed by atoms with van der Waals surface area (Å²) in [5.74, 6) is 5.09. The maximum absolute atomic E-state index is 13.3. The summed E-state index contributed by atoms with van der Waals surface area (Å²) in [5, 5.41) is 0. The summed E-state index contributed by atoms with van der Waals surface area (Å²) in [5.41, 5.74) is 5.10. The summed E-state index contributed by atoms with van der Waals surface area (Å²) in [4.78, 5) is 0. The highest BCUT2D eigenvalue weighted by Gasteiger charge is 2.16. The third-order valence-corrected chi connectivity index (χ3v) is 3.33. The Hall–Kier alpha value is -1.98. The molecule has 0 spiro atoms. The number of benzene rings is 2. The average molecular weight is 292 g/mol. The first kappa shape index (κ1) is 15.4. The van der Waals surface area contributed by atoms with Crippen LogP contribution in [0.5, 0.6) is 5.75 Å². The molecule has 0 aliphatic carbocycles. The second-order valence-corrected chi connectivity index (χ2v) is 4.95. The van der Waals surface area contributed by atoms with Crippen molar-refractivity contribution < 1.29 is 13.5 Å². The molecule has 5 heteroatoms. The Morgan fingerprint density at radius 3 is 2.38 bits per heavy atom. The fourth-order valence-electron chi connectivity index (χ4n) is 2.33. The van der Waals surface area contributed by atoms with Crippen molar-refractivity contribution in [1.29, 1.82) is 0 Å². The van der Waals surface area contributed by atoms with E-state index < -0.39 is 11.6 Å². The Morgan fingerprint density at radius 2 is 1.81 bits per heavy atom. The minimum atomic E-state index is -0.600. The van der Waals surface area contributed by atoms with Crippen LogP contribution in [0.1, 0.15) is 22.7 Å². The Kier molecular flexibility index (Phi) is 4.88. The number of halogens is 2. The number of hydrogen-bond donors (Lipinski definition) is 2. The second-order valence-electron chi connectivity index (χ2n) is 4.95. The maximum atomic E-state index is 13.3. The molecule has 112 valence electrons. The van der Waals surface area contributed by atoms with Gasteiger partial charge >= 0.3 is 0 Å². The van der Waals surface area contributed by atoms with Crippen molar-refractivity contribution >= 4 is 0 Å². The molecule has 0 amide bonds. The van der Waals surface area contributed by atoms with Crippen molar-refractivity contribution in [2.75, 3.05) is 7.11 Å². The molecule has 2 aromatic rings. The molecule has 0 saturated carbocycles. The molecule has 2 rings (SSSR count). The number of methoxy groups -OCH3 is 1. The van der Waals surface area contributed by atoms with Gasteiger partial charge in [0.25, 0.3) is 0 Å². The van der Waals surface area contributed by atoms with Gasteiger partial charge in [-0.15, -0.1) is 0 Å². The van der Waals surface area contributed by atoms with Crippen molar-refractivity contribution in [2.45, 2.75) is 19.4 Å². The predicted octanol–water partition coefficient (Wildman–Crippen LogP) is 3.03. The Morgan fingerprint density at radius 1 is 1.14 bits per heavy atom. The highest BCUT2D eigenvalue weighted by molar-refractivity contribution is 5.40. The average Bonchev–Trinajstić information content (AvgIpc) is 2.44. The zero-order valence-electron chi connectivity index (χ0n) is 12.0. The fraction of sp³-hybridized carbons (Fsp3) is 0.250. The van der Waals surface area contributed by atoms with Gasteiger partial charge in [-0.1, -0.05) is 12.1 Å². The molecule has 0 heterocycles. The van der Waals surface area contributed by atoms with Gasteiger partial charge in [0.1, 0.15) is 17.4 Å². The fourth-order valence-corrected chi connectivity index (χ4v) is 2.33. The van der Waals surface area contributed by atoms with E-state index >= 15 is 0 Å². The summed E-state index contributed by atoms with van der Waals surface area (Å²) >= 11 is 0. The van der Waals surface area contributed by atoms with Gasteiger partial charge in [-0.2, -0.15) is 0 Å². The lowest BCUT2D eigenvalue weighted by Gasteiger charge is -2.19. The summed E-state index contributed by atoms with van der Waals surface area (Å²) < 4.78 is 31.9. The summed E-state index contributed by atoms with van der Waals surface area (Å²) in [6, 6.07) is 8.87. The van der Waals surface area contributed by atoms with Crippen LogP contribution in [0, 0.1) is 18.6 Å². The lowest BCUT2D eigenvalue weighted by atomic mass is 9.97. The first-order valence-electron chi connectivity index (χ1n) is 6.59. The molecule has 3 N–H and O–H groups in total.